The third-order valence-corrected chi connectivity index (χ3v) is 3.11. The van der Waals surface area contributed by atoms with Crippen molar-refractivity contribution in [3.63, 3.8) is 0 Å². The highest BCUT2D eigenvalue weighted by molar-refractivity contribution is 5.92. The number of nitrogens with one attached hydrogen (secondary N) is 1. The number of benzene rings is 2. The van der Waals surface area contributed by atoms with E-state index in [0.29, 0.717) is 0 Å². The molecule has 9 heteroatoms. The third-order valence-electron chi connectivity index (χ3n) is 3.11. The fourth-order valence-corrected chi connectivity index (χ4v) is 2.04. The van der Waals surface area contributed by atoms with Crippen molar-refractivity contribution >= 4 is 28.1 Å². The molecule has 1 aromatic heterocycles. The Morgan fingerprint density at radius 3 is 2.39 bits per heavy atom. The Labute approximate surface area is 126 Å². The Hall–Kier alpha value is -3.23. The van der Waals surface area contributed by atoms with Crippen molar-refractivity contribution in [3.05, 3.63) is 64.2 Å². The molecular formula is C14H7F3N4O2. The van der Waals surface area contributed by atoms with Crippen molar-refractivity contribution in [2.75, 3.05) is 5.32 Å². The van der Waals surface area contributed by atoms with Gasteiger partial charge in [-0.2, -0.15) is 4.39 Å². The summed E-state index contributed by atoms with van der Waals surface area (Å²) in [5.41, 5.74) is -1.20. The van der Waals surface area contributed by atoms with Gasteiger partial charge in [0.25, 0.3) is 0 Å². The quantitative estimate of drug-likeness (QED) is 0.588. The fourth-order valence-electron chi connectivity index (χ4n) is 2.04. The Morgan fingerprint density at radius 2 is 1.74 bits per heavy atom. The molecule has 23 heavy (non-hydrogen) atoms. The predicted octanol–water partition coefficient (Wildman–Crippen LogP) is 3.70. The van der Waals surface area contributed by atoms with E-state index in [4.69, 9.17) is 0 Å². The first kappa shape index (κ1) is 14.7. The molecule has 3 aromatic rings. The van der Waals surface area contributed by atoms with Gasteiger partial charge >= 0.3 is 5.69 Å². The Kier molecular flexibility index (Phi) is 3.53. The number of rotatable bonds is 3. The summed E-state index contributed by atoms with van der Waals surface area (Å²) in [5.74, 6) is -2.88. The van der Waals surface area contributed by atoms with Crippen LogP contribution < -0.4 is 5.32 Å². The van der Waals surface area contributed by atoms with Gasteiger partial charge in [-0.25, -0.2) is 18.7 Å². The van der Waals surface area contributed by atoms with E-state index in [1.54, 1.807) is 0 Å². The molecule has 0 saturated heterocycles. The maximum atomic E-state index is 13.7. The lowest BCUT2D eigenvalue weighted by Gasteiger charge is -2.10. The molecule has 0 aliphatic carbocycles. The van der Waals surface area contributed by atoms with Crippen LogP contribution in [-0.4, -0.2) is 14.9 Å². The lowest BCUT2D eigenvalue weighted by Crippen LogP contribution is -2.02. The second kappa shape index (κ2) is 5.52. The molecule has 1 heterocycles. The first-order chi connectivity index (χ1) is 11.0. The molecule has 1 N–H and O–H groups in total. The number of aromatic nitrogens is 2. The number of nitrogens with zero attached hydrogens (tertiary/aromatic N) is 3. The summed E-state index contributed by atoms with van der Waals surface area (Å²) in [6.07, 6.45) is 1.05. The van der Waals surface area contributed by atoms with Gasteiger partial charge in [0, 0.05) is 12.1 Å². The molecule has 6 nitrogen and oxygen atoms in total. The van der Waals surface area contributed by atoms with E-state index in [1.165, 1.54) is 6.07 Å². The summed E-state index contributed by atoms with van der Waals surface area (Å²) >= 11 is 0. The lowest BCUT2D eigenvalue weighted by atomic mass is 10.2. The second-order valence-electron chi connectivity index (χ2n) is 4.52. The molecule has 0 spiro atoms. The number of nitro groups is 1. The van der Waals surface area contributed by atoms with Gasteiger partial charge in [-0.1, -0.05) is 6.07 Å². The minimum atomic E-state index is -1.07. The number of fused-ring (bicyclic) bond motifs is 1. The smallest absolute Gasteiger partial charge is 0.305 e. The van der Waals surface area contributed by atoms with Crippen LogP contribution in [0.4, 0.5) is 30.4 Å². The highest BCUT2D eigenvalue weighted by Crippen LogP contribution is 2.30. The molecule has 0 amide bonds. The second-order valence-corrected chi connectivity index (χ2v) is 4.52. The number of anilines is 2. The molecule has 3 rings (SSSR count). The molecule has 0 aliphatic rings. The van der Waals surface area contributed by atoms with Gasteiger partial charge in [0.1, 0.15) is 29.5 Å². The molecule has 0 radical (unpaired) electrons. The predicted molar refractivity (Wildman–Crippen MR) is 75.8 cm³/mol. The zero-order chi connectivity index (χ0) is 16.6. The number of hydrogen-bond acceptors (Lipinski definition) is 5. The number of nitro benzene ring substituents is 1. The summed E-state index contributed by atoms with van der Waals surface area (Å²) in [6, 6.07) is 5.03. The van der Waals surface area contributed by atoms with Gasteiger partial charge in [0.2, 0.25) is 5.82 Å². The summed E-state index contributed by atoms with van der Waals surface area (Å²) < 4.78 is 41.0. The molecule has 0 aliphatic heterocycles. The van der Waals surface area contributed by atoms with Crippen LogP contribution in [-0.2, 0) is 0 Å². The van der Waals surface area contributed by atoms with Crippen molar-refractivity contribution in [3.8, 4) is 0 Å². The van der Waals surface area contributed by atoms with E-state index in [2.05, 4.69) is 15.3 Å². The molecule has 0 bridgehead atoms. The average molecular weight is 320 g/mol. The van der Waals surface area contributed by atoms with Crippen LogP contribution in [0.1, 0.15) is 0 Å². The van der Waals surface area contributed by atoms with Crippen LogP contribution in [0.25, 0.3) is 10.9 Å². The van der Waals surface area contributed by atoms with E-state index < -0.39 is 33.7 Å². The highest BCUT2D eigenvalue weighted by atomic mass is 19.1. The topological polar surface area (TPSA) is 81.0 Å². The monoisotopic (exact) mass is 320 g/mol. The van der Waals surface area contributed by atoms with Crippen molar-refractivity contribution in [1.82, 2.24) is 9.97 Å². The largest absolute Gasteiger partial charge is 0.335 e. The summed E-state index contributed by atoms with van der Waals surface area (Å²) in [7, 11) is 0. The van der Waals surface area contributed by atoms with Crippen LogP contribution >= 0.6 is 0 Å². The Balaban J connectivity index is 2.18. The van der Waals surface area contributed by atoms with Crippen LogP contribution in [0.2, 0.25) is 0 Å². The molecule has 0 fully saturated rings. The van der Waals surface area contributed by atoms with Crippen molar-refractivity contribution in [1.29, 1.82) is 0 Å². The average Bonchev–Trinajstić information content (AvgIpc) is 2.50. The number of halogens is 3. The van der Waals surface area contributed by atoms with Gasteiger partial charge in [-0.05, 0) is 12.1 Å². The Morgan fingerprint density at radius 1 is 1.04 bits per heavy atom. The van der Waals surface area contributed by atoms with Gasteiger partial charge in [-0.3, -0.25) is 10.1 Å². The SMILES string of the molecule is O=[N+]([O-])c1cc2c(Nc3c(F)cccc3F)ncnc2cc1F. The maximum Gasteiger partial charge on any atom is 0.305 e. The lowest BCUT2D eigenvalue weighted by molar-refractivity contribution is -0.387. The van der Waals surface area contributed by atoms with E-state index in [9.17, 15) is 23.3 Å². The Bertz CT molecular complexity index is 913. The standard InChI is InChI=1S/C14H7F3N4O2/c15-8-2-1-3-9(16)13(8)20-14-7-4-12(21(22)23)10(17)5-11(7)18-6-19-14/h1-6H,(H,18,19,20). The zero-order valence-corrected chi connectivity index (χ0v) is 11.3. The molecular weight excluding hydrogens is 313 g/mol. The van der Waals surface area contributed by atoms with E-state index in [0.717, 1.165) is 30.6 Å². The molecule has 0 atom stereocenters. The van der Waals surface area contributed by atoms with Gasteiger partial charge in [0.15, 0.2) is 0 Å². The molecule has 116 valence electrons. The van der Waals surface area contributed by atoms with Crippen molar-refractivity contribution < 1.29 is 18.1 Å². The normalized spacial score (nSPS) is 10.7. The summed E-state index contributed by atoms with van der Waals surface area (Å²) in [6.45, 7) is 0. The molecule has 0 unspecified atom stereocenters. The fraction of sp³-hybridized carbons (Fsp3) is 0. The number of para-hydroxylation sites is 1. The summed E-state index contributed by atoms with van der Waals surface area (Å²) in [5, 5.41) is 13.3. The third kappa shape index (κ3) is 2.63. The van der Waals surface area contributed by atoms with E-state index in [1.807, 2.05) is 0 Å². The van der Waals surface area contributed by atoms with E-state index in [-0.39, 0.29) is 16.7 Å². The number of hydrogen-bond donors (Lipinski definition) is 1. The first-order valence-electron chi connectivity index (χ1n) is 6.27. The minimum Gasteiger partial charge on any atom is -0.335 e. The summed E-state index contributed by atoms with van der Waals surface area (Å²) in [4.78, 5) is 17.5. The zero-order valence-electron chi connectivity index (χ0n) is 11.3. The van der Waals surface area contributed by atoms with Crippen LogP contribution in [0.15, 0.2) is 36.7 Å². The van der Waals surface area contributed by atoms with Crippen molar-refractivity contribution in [2.24, 2.45) is 0 Å². The van der Waals surface area contributed by atoms with Crippen LogP contribution in [0.5, 0.6) is 0 Å². The van der Waals surface area contributed by atoms with Crippen LogP contribution in [0, 0.1) is 27.6 Å². The first-order valence-corrected chi connectivity index (χ1v) is 6.27. The van der Waals surface area contributed by atoms with Gasteiger partial charge in [0.05, 0.1) is 15.8 Å². The minimum absolute atomic E-state index is 0.0577. The van der Waals surface area contributed by atoms with Gasteiger partial charge < -0.3 is 5.32 Å². The van der Waals surface area contributed by atoms with Crippen molar-refractivity contribution in [2.45, 2.75) is 0 Å². The highest BCUT2D eigenvalue weighted by Gasteiger charge is 2.19. The van der Waals surface area contributed by atoms with E-state index >= 15 is 0 Å². The van der Waals surface area contributed by atoms with Gasteiger partial charge in [-0.15, -0.1) is 0 Å². The molecule has 0 saturated carbocycles. The maximum absolute atomic E-state index is 13.7. The van der Waals surface area contributed by atoms with Crippen LogP contribution in [0.3, 0.4) is 0 Å². The molecule has 2 aromatic carbocycles.